The molecule has 0 fully saturated rings. The van der Waals surface area contributed by atoms with E-state index in [1.807, 2.05) is 25.5 Å². The molecule has 2 aromatic heterocycles. The standard InChI is InChI=1S/C11H15N5/c1-7(12)9-4-14-11(15-8(9)2)10-5-13-6-16(10)3/h4-7H,12H2,1-3H3. The zero-order valence-corrected chi connectivity index (χ0v) is 9.68. The minimum absolute atomic E-state index is 0.0411. The molecule has 2 N–H and O–H groups in total. The quantitative estimate of drug-likeness (QED) is 0.820. The van der Waals surface area contributed by atoms with E-state index >= 15 is 0 Å². The van der Waals surface area contributed by atoms with Gasteiger partial charge in [0.05, 0.1) is 12.5 Å². The number of nitrogens with zero attached hydrogens (tertiary/aromatic N) is 4. The van der Waals surface area contributed by atoms with Crippen LogP contribution in [-0.2, 0) is 7.05 Å². The molecule has 0 bridgehead atoms. The van der Waals surface area contributed by atoms with E-state index in [0.717, 1.165) is 17.0 Å². The summed E-state index contributed by atoms with van der Waals surface area (Å²) in [6, 6.07) is -0.0411. The fraction of sp³-hybridized carbons (Fsp3) is 0.364. The molecule has 0 saturated heterocycles. The number of hydrogen-bond acceptors (Lipinski definition) is 4. The maximum absolute atomic E-state index is 5.82. The van der Waals surface area contributed by atoms with Crippen LogP contribution >= 0.6 is 0 Å². The molecule has 0 aliphatic rings. The third kappa shape index (κ3) is 1.81. The predicted octanol–water partition coefficient (Wildman–Crippen LogP) is 1.21. The van der Waals surface area contributed by atoms with Gasteiger partial charge in [-0.05, 0) is 13.8 Å². The van der Waals surface area contributed by atoms with Gasteiger partial charge >= 0.3 is 0 Å². The van der Waals surface area contributed by atoms with Gasteiger partial charge in [0, 0.05) is 30.5 Å². The van der Waals surface area contributed by atoms with E-state index in [1.54, 1.807) is 18.7 Å². The molecule has 0 amide bonds. The Kier molecular flexibility index (Phi) is 2.70. The molecule has 1 atom stereocenters. The van der Waals surface area contributed by atoms with Crippen LogP contribution in [0.4, 0.5) is 0 Å². The lowest BCUT2D eigenvalue weighted by Crippen LogP contribution is -2.09. The lowest BCUT2D eigenvalue weighted by Gasteiger charge is -2.09. The van der Waals surface area contributed by atoms with E-state index in [0.29, 0.717) is 5.82 Å². The van der Waals surface area contributed by atoms with Gasteiger partial charge in [0.15, 0.2) is 5.82 Å². The van der Waals surface area contributed by atoms with Crippen LogP contribution in [0.2, 0.25) is 0 Å². The number of imidazole rings is 1. The Morgan fingerprint density at radius 2 is 2.12 bits per heavy atom. The number of aryl methyl sites for hydroxylation is 2. The minimum atomic E-state index is -0.0411. The first-order chi connectivity index (χ1) is 7.59. The molecule has 0 spiro atoms. The summed E-state index contributed by atoms with van der Waals surface area (Å²) in [5.74, 6) is 0.682. The first kappa shape index (κ1) is 10.8. The summed E-state index contributed by atoms with van der Waals surface area (Å²) < 4.78 is 1.89. The summed E-state index contributed by atoms with van der Waals surface area (Å²) >= 11 is 0. The molecule has 5 nitrogen and oxygen atoms in total. The van der Waals surface area contributed by atoms with Crippen LogP contribution < -0.4 is 5.73 Å². The Labute approximate surface area is 94.4 Å². The fourth-order valence-corrected chi connectivity index (χ4v) is 1.62. The van der Waals surface area contributed by atoms with E-state index < -0.39 is 0 Å². The van der Waals surface area contributed by atoms with Gasteiger partial charge in [0.25, 0.3) is 0 Å². The van der Waals surface area contributed by atoms with Crippen molar-refractivity contribution in [2.45, 2.75) is 19.9 Å². The van der Waals surface area contributed by atoms with E-state index in [2.05, 4.69) is 15.0 Å². The third-order valence-electron chi connectivity index (χ3n) is 2.55. The second-order valence-corrected chi connectivity index (χ2v) is 3.91. The molecule has 2 heterocycles. The molecule has 0 saturated carbocycles. The average molecular weight is 217 g/mol. The minimum Gasteiger partial charge on any atom is -0.331 e. The van der Waals surface area contributed by atoms with E-state index in [-0.39, 0.29) is 6.04 Å². The van der Waals surface area contributed by atoms with Crippen LogP contribution in [-0.4, -0.2) is 19.5 Å². The van der Waals surface area contributed by atoms with Crippen molar-refractivity contribution in [1.29, 1.82) is 0 Å². The third-order valence-corrected chi connectivity index (χ3v) is 2.55. The highest BCUT2D eigenvalue weighted by Crippen LogP contribution is 2.17. The maximum atomic E-state index is 5.82. The van der Waals surface area contributed by atoms with Gasteiger partial charge in [0.1, 0.15) is 5.69 Å². The lowest BCUT2D eigenvalue weighted by atomic mass is 10.1. The highest BCUT2D eigenvalue weighted by Gasteiger charge is 2.10. The normalized spacial score (nSPS) is 12.8. The van der Waals surface area contributed by atoms with E-state index in [9.17, 15) is 0 Å². The molecular formula is C11H15N5. The van der Waals surface area contributed by atoms with Crippen LogP contribution in [0, 0.1) is 6.92 Å². The number of rotatable bonds is 2. The van der Waals surface area contributed by atoms with Crippen molar-refractivity contribution >= 4 is 0 Å². The van der Waals surface area contributed by atoms with Crippen molar-refractivity contribution < 1.29 is 0 Å². The molecule has 2 aromatic rings. The highest BCUT2D eigenvalue weighted by molar-refractivity contribution is 5.48. The number of aromatic nitrogens is 4. The summed E-state index contributed by atoms with van der Waals surface area (Å²) in [5, 5.41) is 0. The molecule has 0 radical (unpaired) electrons. The zero-order valence-electron chi connectivity index (χ0n) is 9.68. The Bertz CT molecular complexity index is 501. The van der Waals surface area contributed by atoms with Gasteiger partial charge in [-0.25, -0.2) is 15.0 Å². The van der Waals surface area contributed by atoms with Crippen LogP contribution in [0.5, 0.6) is 0 Å². The largest absolute Gasteiger partial charge is 0.331 e. The Hall–Kier alpha value is -1.75. The van der Waals surface area contributed by atoms with Crippen molar-refractivity contribution in [3.63, 3.8) is 0 Å². The summed E-state index contributed by atoms with van der Waals surface area (Å²) in [7, 11) is 1.92. The fourth-order valence-electron chi connectivity index (χ4n) is 1.62. The van der Waals surface area contributed by atoms with Crippen LogP contribution in [0.1, 0.15) is 24.2 Å². The molecule has 16 heavy (non-hydrogen) atoms. The van der Waals surface area contributed by atoms with Gasteiger partial charge in [0.2, 0.25) is 0 Å². The van der Waals surface area contributed by atoms with Gasteiger partial charge in [-0.3, -0.25) is 0 Å². The van der Waals surface area contributed by atoms with Gasteiger partial charge in [-0.2, -0.15) is 0 Å². The van der Waals surface area contributed by atoms with Crippen molar-refractivity contribution in [2.75, 3.05) is 0 Å². The summed E-state index contributed by atoms with van der Waals surface area (Å²) in [6.45, 7) is 3.87. The Balaban J connectivity index is 2.46. The molecule has 84 valence electrons. The molecule has 0 aliphatic carbocycles. The Morgan fingerprint density at radius 1 is 1.38 bits per heavy atom. The Morgan fingerprint density at radius 3 is 2.62 bits per heavy atom. The predicted molar refractivity (Wildman–Crippen MR) is 61.6 cm³/mol. The van der Waals surface area contributed by atoms with Crippen molar-refractivity contribution in [2.24, 2.45) is 12.8 Å². The number of nitrogens with two attached hydrogens (primary N) is 1. The summed E-state index contributed by atoms with van der Waals surface area (Å²) in [4.78, 5) is 12.8. The van der Waals surface area contributed by atoms with Crippen LogP contribution in [0.25, 0.3) is 11.5 Å². The second kappa shape index (κ2) is 4.02. The van der Waals surface area contributed by atoms with Gasteiger partial charge in [-0.15, -0.1) is 0 Å². The molecular weight excluding hydrogens is 202 g/mol. The van der Waals surface area contributed by atoms with Crippen molar-refractivity contribution in [3.8, 4) is 11.5 Å². The second-order valence-electron chi connectivity index (χ2n) is 3.91. The SMILES string of the molecule is Cc1nc(-c2cncn2C)ncc1C(C)N. The first-order valence-electron chi connectivity index (χ1n) is 5.15. The van der Waals surface area contributed by atoms with Crippen molar-refractivity contribution in [1.82, 2.24) is 19.5 Å². The van der Waals surface area contributed by atoms with E-state index in [4.69, 9.17) is 5.73 Å². The van der Waals surface area contributed by atoms with E-state index in [1.165, 1.54) is 0 Å². The average Bonchev–Trinajstić information content (AvgIpc) is 2.63. The highest BCUT2D eigenvalue weighted by atomic mass is 15.1. The molecule has 1 unspecified atom stereocenters. The summed E-state index contributed by atoms with van der Waals surface area (Å²) in [6.07, 6.45) is 5.27. The monoisotopic (exact) mass is 217 g/mol. The smallest absolute Gasteiger partial charge is 0.178 e. The molecule has 0 aliphatic heterocycles. The first-order valence-corrected chi connectivity index (χ1v) is 5.15. The number of hydrogen-bond donors (Lipinski definition) is 1. The molecule has 0 aromatic carbocycles. The lowest BCUT2D eigenvalue weighted by molar-refractivity contribution is 0.788. The van der Waals surface area contributed by atoms with Gasteiger partial charge in [-0.1, -0.05) is 0 Å². The van der Waals surface area contributed by atoms with Crippen LogP contribution in [0.15, 0.2) is 18.7 Å². The molecule has 2 rings (SSSR count). The van der Waals surface area contributed by atoms with Crippen molar-refractivity contribution in [3.05, 3.63) is 30.0 Å². The van der Waals surface area contributed by atoms with Crippen LogP contribution in [0.3, 0.4) is 0 Å². The van der Waals surface area contributed by atoms with Gasteiger partial charge < -0.3 is 10.3 Å². The maximum Gasteiger partial charge on any atom is 0.178 e. The molecule has 5 heteroatoms. The summed E-state index contributed by atoms with van der Waals surface area (Å²) in [5.41, 5.74) is 8.61. The topological polar surface area (TPSA) is 69.6 Å². The zero-order chi connectivity index (χ0) is 11.7.